The number of benzene rings is 1. The van der Waals surface area contributed by atoms with Gasteiger partial charge < -0.3 is 5.73 Å². The summed E-state index contributed by atoms with van der Waals surface area (Å²) >= 11 is 3.27. The first-order chi connectivity index (χ1) is 9.83. The lowest BCUT2D eigenvalue weighted by Crippen LogP contribution is -2.14. The lowest BCUT2D eigenvalue weighted by atomic mass is 10.1. The van der Waals surface area contributed by atoms with Gasteiger partial charge in [0.25, 0.3) is 10.0 Å². The van der Waals surface area contributed by atoms with Gasteiger partial charge in [-0.05, 0) is 58.6 Å². The number of pyridine rings is 1. The van der Waals surface area contributed by atoms with Crippen LogP contribution < -0.4 is 10.5 Å². The van der Waals surface area contributed by atoms with Crippen LogP contribution in [0.2, 0.25) is 0 Å². The number of nitrogens with zero attached hydrogens (tertiary/aromatic N) is 1. The molecular weight excluding hydrogens is 354 g/mol. The largest absolute Gasteiger partial charge is 0.398 e. The van der Waals surface area contributed by atoms with Gasteiger partial charge in [0.1, 0.15) is 4.60 Å². The highest BCUT2D eigenvalue weighted by Crippen LogP contribution is 2.22. The Kier molecular flexibility index (Phi) is 4.53. The molecule has 2 aromatic rings. The first-order valence-corrected chi connectivity index (χ1v) is 8.64. The van der Waals surface area contributed by atoms with E-state index in [-0.39, 0.29) is 4.90 Å². The molecule has 3 N–H and O–H groups in total. The number of aryl methyl sites for hydroxylation is 2. The summed E-state index contributed by atoms with van der Waals surface area (Å²) in [5.41, 5.74) is 8.51. The maximum atomic E-state index is 12.3. The molecule has 0 aliphatic rings. The van der Waals surface area contributed by atoms with E-state index in [1.807, 2.05) is 13.8 Å². The fraction of sp³-hybridized carbons (Fsp3) is 0.214. The van der Waals surface area contributed by atoms with Crippen LogP contribution in [0.25, 0.3) is 0 Å². The molecule has 0 unspecified atom stereocenters. The molecule has 0 saturated heterocycles. The Balaban J connectivity index is 2.33. The standard InChI is InChI=1S/C14H16BrN3O2S/c1-3-10-4-5-12(7-13(10)16)21(19,20)18-11-6-9(2)14(15)17-8-11/h4-8,18H,3,16H2,1-2H3. The van der Waals surface area contributed by atoms with Crippen molar-refractivity contribution in [3.8, 4) is 0 Å². The average Bonchev–Trinajstić information content (AvgIpc) is 2.42. The number of hydrogen-bond donors (Lipinski definition) is 2. The van der Waals surface area contributed by atoms with Crippen molar-refractivity contribution in [1.29, 1.82) is 0 Å². The van der Waals surface area contributed by atoms with Crippen LogP contribution in [0.1, 0.15) is 18.1 Å². The maximum Gasteiger partial charge on any atom is 0.262 e. The van der Waals surface area contributed by atoms with Gasteiger partial charge in [-0.3, -0.25) is 4.72 Å². The van der Waals surface area contributed by atoms with E-state index in [1.54, 1.807) is 18.2 Å². The molecule has 5 nitrogen and oxygen atoms in total. The molecule has 0 aliphatic heterocycles. The van der Waals surface area contributed by atoms with Crippen LogP contribution in [0.5, 0.6) is 0 Å². The maximum absolute atomic E-state index is 12.3. The number of nitrogens with two attached hydrogens (primary N) is 1. The molecule has 0 bridgehead atoms. The van der Waals surface area contributed by atoms with Gasteiger partial charge in [-0.25, -0.2) is 13.4 Å². The summed E-state index contributed by atoms with van der Waals surface area (Å²) < 4.78 is 27.9. The predicted octanol–water partition coefficient (Wildman–Crippen LogP) is 3.10. The molecule has 112 valence electrons. The minimum absolute atomic E-state index is 0.137. The summed E-state index contributed by atoms with van der Waals surface area (Å²) in [6.45, 7) is 3.80. The zero-order valence-electron chi connectivity index (χ0n) is 11.7. The molecule has 0 radical (unpaired) electrons. The fourth-order valence-electron chi connectivity index (χ4n) is 1.89. The number of rotatable bonds is 4. The van der Waals surface area contributed by atoms with E-state index in [9.17, 15) is 8.42 Å². The van der Waals surface area contributed by atoms with Crippen molar-refractivity contribution < 1.29 is 8.42 Å². The van der Waals surface area contributed by atoms with Gasteiger partial charge in [-0.15, -0.1) is 0 Å². The molecule has 7 heteroatoms. The van der Waals surface area contributed by atoms with Crippen molar-refractivity contribution in [2.24, 2.45) is 0 Å². The monoisotopic (exact) mass is 369 g/mol. The zero-order valence-corrected chi connectivity index (χ0v) is 14.1. The molecule has 0 atom stereocenters. The first-order valence-electron chi connectivity index (χ1n) is 6.37. The van der Waals surface area contributed by atoms with Gasteiger partial charge in [0.15, 0.2) is 0 Å². The smallest absolute Gasteiger partial charge is 0.262 e. The van der Waals surface area contributed by atoms with Crippen LogP contribution in [-0.2, 0) is 16.4 Å². The highest BCUT2D eigenvalue weighted by Gasteiger charge is 2.16. The van der Waals surface area contributed by atoms with Crippen LogP contribution in [0.4, 0.5) is 11.4 Å². The minimum atomic E-state index is -3.68. The predicted molar refractivity (Wildman–Crippen MR) is 87.7 cm³/mol. The molecule has 1 heterocycles. The molecule has 1 aromatic heterocycles. The Morgan fingerprint density at radius 3 is 2.62 bits per heavy atom. The van der Waals surface area contributed by atoms with Gasteiger partial charge in [0.2, 0.25) is 0 Å². The number of sulfonamides is 1. The second kappa shape index (κ2) is 6.03. The molecule has 0 aliphatic carbocycles. The van der Waals surface area contributed by atoms with Crippen molar-refractivity contribution in [1.82, 2.24) is 4.98 Å². The van der Waals surface area contributed by atoms with Crippen LogP contribution in [-0.4, -0.2) is 13.4 Å². The lowest BCUT2D eigenvalue weighted by molar-refractivity contribution is 0.601. The van der Waals surface area contributed by atoms with Gasteiger partial charge in [-0.1, -0.05) is 13.0 Å². The topological polar surface area (TPSA) is 85.1 Å². The number of halogens is 1. The van der Waals surface area contributed by atoms with E-state index in [2.05, 4.69) is 25.6 Å². The normalized spacial score (nSPS) is 11.4. The molecule has 1 aromatic carbocycles. The Morgan fingerprint density at radius 1 is 1.33 bits per heavy atom. The molecule has 0 spiro atoms. The molecular formula is C14H16BrN3O2S. The third-order valence-corrected chi connectivity index (χ3v) is 5.28. The molecule has 2 rings (SSSR count). The van der Waals surface area contributed by atoms with Gasteiger partial charge in [0.05, 0.1) is 16.8 Å². The van der Waals surface area contributed by atoms with Crippen LogP contribution in [0, 0.1) is 6.92 Å². The van der Waals surface area contributed by atoms with E-state index in [1.165, 1.54) is 12.3 Å². The summed E-state index contributed by atoms with van der Waals surface area (Å²) in [7, 11) is -3.68. The highest BCUT2D eigenvalue weighted by molar-refractivity contribution is 9.10. The van der Waals surface area contributed by atoms with Crippen molar-refractivity contribution in [2.75, 3.05) is 10.5 Å². The minimum Gasteiger partial charge on any atom is -0.398 e. The quantitative estimate of drug-likeness (QED) is 0.640. The van der Waals surface area contributed by atoms with Gasteiger partial charge in [-0.2, -0.15) is 0 Å². The van der Waals surface area contributed by atoms with Gasteiger partial charge >= 0.3 is 0 Å². The molecule has 21 heavy (non-hydrogen) atoms. The van der Waals surface area contributed by atoms with Crippen LogP contribution in [0.15, 0.2) is 40.0 Å². The van der Waals surface area contributed by atoms with Crippen LogP contribution in [0.3, 0.4) is 0 Å². The summed E-state index contributed by atoms with van der Waals surface area (Å²) in [6.07, 6.45) is 2.22. The molecule has 0 amide bonds. The first kappa shape index (κ1) is 15.8. The van der Waals surface area contributed by atoms with E-state index < -0.39 is 10.0 Å². The summed E-state index contributed by atoms with van der Waals surface area (Å²) in [5.74, 6) is 0. The second-order valence-electron chi connectivity index (χ2n) is 4.65. The molecule has 0 fully saturated rings. The van der Waals surface area contributed by atoms with Crippen molar-refractivity contribution in [3.05, 3.63) is 46.2 Å². The Morgan fingerprint density at radius 2 is 2.05 bits per heavy atom. The number of nitrogen functional groups attached to an aromatic ring is 1. The Hall–Kier alpha value is -1.60. The van der Waals surface area contributed by atoms with Crippen molar-refractivity contribution >= 4 is 37.3 Å². The number of nitrogens with one attached hydrogen (secondary N) is 1. The SMILES string of the molecule is CCc1ccc(S(=O)(=O)Nc2cnc(Br)c(C)c2)cc1N. The number of anilines is 2. The van der Waals surface area contributed by atoms with E-state index >= 15 is 0 Å². The lowest BCUT2D eigenvalue weighted by Gasteiger charge is -2.11. The van der Waals surface area contributed by atoms with Crippen LogP contribution >= 0.6 is 15.9 Å². The summed E-state index contributed by atoms with van der Waals surface area (Å²) in [4.78, 5) is 4.20. The van der Waals surface area contributed by atoms with E-state index in [0.717, 1.165) is 17.5 Å². The third kappa shape index (κ3) is 3.54. The fourth-order valence-corrected chi connectivity index (χ4v) is 3.18. The van der Waals surface area contributed by atoms with Gasteiger partial charge in [0, 0.05) is 5.69 Å². The third-order valence-electron chi connectivity index (χ3n) is 3.08. The molecule has 0 saturated carbocycles. The Labute approximate surface area is 132 Å². The van der Waals surface area contributed by atoms with E-state index in [4.69, 9.17) is 5.73 Å². The summed E-state index contributed by atoms with van der Waals surface area (Å²) in [5, 5.41) is 0. The number of aromatic nitrogens is 1. The Bertz CT molecular complexity index is 776. The highest BCUT2D eigenvalue weighted by atomic mass is 79.9. The second-order valence-corrected chi connectivity index (χ2v) is 7.08. The zero-order chi connectivity index (χ0) is 15.6. The average molecular weight is 370 g/mol. The van der Waals surface area contributed by atoms with Crippen molar-refractivity contribution in [2.45, 2.75) is 25.2 Å². The number of hydrogen-bond acceptors (Lipinski definition) is 4. The summed E-state index contributed by atoms with van der Waals surface area (Å²) in [6, 6.07) is 6.46. The van der Waals surface area contributed by atoms with Crippen molar-refractivity contribution in [3.63, 3.8) is 0 Å². The van der Waals surface area contributed by atoms with E-state index in [0.29, 0.717) is 16.0 Å².